The average Bonchev–Trinajstić information content (AvgIpc) is 2.88. The topological polar surface area (TPSA) is 49.8 Å². The largest absolute Gasteiger partial charge is 0.478 e. The van der Waals surface area contributed by atoms with Crippen LogP contribution in [0.15, 0.2) is 18.2 Å². The quantitative estimate of drug-likeness (QED) is 0.890. The summed E-state index contributed by atoms with van der Waals surface area (Å²) in [7, 11) is 0. The summed E-state index contributed by atoms with van der Waals surface area (Å²) in [5, 5.41) is 9.15. The number of hydrogen-bond acceptors (Lipinski definition) is 3. The number of nitrogens with zero attached hydrogens (tertiary/aromatic N) is 1. The number of aromatic carboxylic acids is 1. The normalized spacial score (nSPS) is 18.5. The minimum atomic E-state index is -1.24. The molecule has 0 radical (unpaired) electrons. The maximum Gasteiger partial charge on any atom is 0.340 e. The summed E-state index contributed by atoms with van der Waals surface area (Å²) in [5.74, 6) is -1.94. The third-order valence-corrected chi connectivity index (χ3v) is 3.38. The van der Waals surface area contributed by atoms with Crippen molar-refractivity contribution in [3.8, 4) is 0 Å². The van der Waals surface area contributed by atoms with Crippen LogP contribution in [-0.4, -0.2) is 36.9 Å². The summed E-state index contributed by atoms with van der Waals surface area (Å²) in [6.07, 6.45) is 2.09. The zero-order chi connectivity index (χ0) is 13.8. The predicted molar refractivity (Wildman–Crippen MR) is 70.2 cm³/mol. The zero-order valence-electron chi connectivity index (χ0n) is 10.9. The van der Waals surface area contributed by atoms with E-state index in [0.717, 1.165) is 19.4 Å². The summed E-state index contributed by atoms with van der Waals surface area (Å²) in [6, 6.07) is 4.35. The van der Waals surface area contributed by atoms with Crippen LogP contribution in [0.25, 0.3) is 0 Å². The minimum absolute atomic E-state index is 0.102. The van der Waals surface area contributed by atoms with Crippen molar-refractivity contribution in [1.29, 1.82) is 0 Å². The van der Waals surface area contributed by atoms with E-state index in [1.165, 1.54) is 12.1 Å². The Morgan fingerprint density at radius 1 is 1.58 bits per heavy atom. The Labute approximate surface area is 111 Å². The van der Waals surface area contributed by atoms with Crippen molar-refractivity contribution in [2.45, 2.75) is 25.9 Å². The van der Waals surface area contributed by atoms with Crippen LogP contribution in [-0.2, 0) is 4.74 Å². The van der Waals surface area contributed by atoms with E-state index in [2.05, 4.69) is 0 Å². The number of carbonyl (C=O) groups is 1. The van der Waals surface area contributed by atoms with Gasteiger partial charge in [-0.15, -0.1) is 0 Å². The van der Waals surface area contributed by atoms with Crippen LogP contribution < -0.4 is 4.90 Å². The first-order chi connectivity index (χ1) is 9.13. The van der Waals surface area contributed by atoms with Gasteiger partial charge in [0.2, 0.25) is 0 Å². The molecule has 1 atom stereocenters. The molecule has 1 aliphatic heterocycles. The molecular formula is C14H18FNO3. The van der Waals surface area contributed by atoms with Crippen LogP contribution in [0.2, 0.25) is 0 Å². The highest BCUT2D eigenvalue weighted by molar-refractivity contribution is 5.94. The molecule has 1 aromatic rings. The Kier molecular flexibility index (Phi) is 4.37. The van der Waals surface area contributed by atoms with E-state index in [0.29, 0.717) is 18.8 Å². The molecule has 4 nitrogen and oxygen atoms in total. The number of rotatable bonds is 5. The minimum Gasteiger partial charge on any atom is -0.478 e. The third kappa shape index (κ3) is 3.04. The lowest BCUT2D eigenvalue weighted by molar-refractivity contribution is 0.0692. The Hall–Kier alpha value is -1.62. The molecule has 19 heavy (non-hydrogen) atoms. The monoisotopic (exact) mass is 267 g/mol. The van der Waals surface area contributed by atoms with Gasteiger partial charge in [-0.3, -0.25) is 0 Å². The molecule has 0 amide bonds. The second-order valence-electron chi connectivity index (χ2n) is 4.61. The van der Waals surface area contributed by atoms with Gasteiger partial charge in [-0.05, 0) is 31.9 Å². The van der Waals surface area contributed by atoms with Crippen molar-refractivity contribution in [3.63, 3.8) is 0 Å². The molecule has 1 unspecified atom stereocenters. The fraction of sp³-hybridized carbons (Fsp3) is 0.500. The molecule has 1 N–H and O–H groups in total. The zero-order valence-corrected chi connectivity index (χ0v) is 10.9. The van der Waals surface area contributed by atoms with Gasteiger partial charge in [0.25, 0.3) is 0 Å². The fourth-order valence-corrected chi connectivity index (χ4v) is 2.42. The standard InChI is InChI=1S/C14H18FNO3/c1-2-16(9-10-5-4-8-19-10)12-7-3-6-11(15)13(12)14(17)18/h3,6-7,10H,2,4-5,8-9H2,1H3,(H,17,18). The van der Waals surface area contributed by atoms with Gasteiger partial charge in [-0.2, -0.15) is 0 Å². The molecular weight excluding hydrogens is 249 g/mol. The Balaban J connectivity index is 2.26. The maximum absolute atomic E-state index is 13.7. The molecule has 1 aliphatic rings. The number of halogens is 1. The molecule has 0 aliphatic carbocycles. The second kappa shape index (κ2) is 6.02. The van der Waals surface area contributed by atoms with Crippen molar-refractivity contribution in [1.82, 2.24) is 0 Å². The number of hydrogen-bond donors (Lipinski definition) is 1. The predicted octanol–water partition coefficient (Wildman–Crippen LogP) is 2.53. The van der Waals surface area contributed by atoms with E-state index in [1.807, 2.05) is 11.8 Å². The van der Waals surface area contributed by atoms with Crippen molar-refractivity contribution in [2.75, 3.05) is 24.6 Å². The van der Waals surface area contributed by atoms with Crippen LogP contribution in [0.1, 0.15) is 30.1 Å². The van der Waals surface area contributed by atoms with Gasteiger partial charge in [0.05, 0.1) is 11.8 Å². The second-order valence-corrected chi connectivity index (χ2v) is 4.61. The molecule has 104 valence electrons. The molecule has 0 saturated carbocycles. The highest BCUT2D eigenvalue weighted by Gasteiger charge is 2.23. The van der Waals surface area contributed by atoms with Gasteiger partial charge in [0.1, 0.15) is 11.4 Å². The molecule has 1 fully saturated rings. The molecule has 0 bridgehead atoms. The van der Waals surface area contributed by atoms with Crippen LogP contribution in [0.3, 0.4) is 0 Å². The van der Waals surface area contributed by atoms with Crippen molar-refractivity contribution in [2.24, 2.45) is 0 Å². The number of ether oxygens (including phenoxy) is 1. The first-order valence-corrected chi connectivity index (χ1v) is 6.51. The summed E-state index contributed by atoms with van der Waals surface area (Å²) >= 11 is 0. The van der Waals surface area contributed by atoms with Gasteiger partial charge in [0.15, 0.2) is 0 Å². The number of benzene rings is 1. The van der Waals surface area contributed by atoms with E-state index in [4.69, 9.17) is 9.84 Å². The van der Waals surface area contributed by atoms with Crippen LogP contribution in [0.5, 0.6) is 0 Å². The van der Waals surface area contributed by atoms with Gasteiger partial charge in [-0.1, -0.05) is 6.07 Å². The van der Waals surface area contributed by atoms with E-state index in [9.17, 15) is 9.18 Å². The lowest BCUT2D eigenvalue weighted by Crippen LogP contribution is -2.33. The molecule has 0 aromatic heterocycles. The van der Waals surface area contributed by atoms with Crippen LogP contribution >= 0.6 is 0 Å². The maximum atomic E-state index is 13.7. The number of carboxylic acids is 1. The lowest BCUT2D eigenvalue weighted by atomic mass is 10.1. The lowest BCUT2D eigenvalue weighted by Gasteiger charge is -2.27. The first-order valence-electron chi connectivity index (χ1n) is 6.51. The van der Waals surface area contributed by atoms with E-state index < -0.39 is 11.8 Å². The van der Waals surface area contributed by atoms with Gasteiger partial charge < -0.3 is 14.7 Å². The first kappa shape index (κ1) is 13.8. The molecule has 1 saturated heterocycles. The van der Waals surface area contributed by atoms with Crippen molar-refractivity contribution in [3.05, 3.63) is 29.6 Å². The highest BCUT2D eigenvalue weighted by Crippen LogP contribution is 2.25. The molecule has 1 aromatic carbocycles. The van der Waals surface area contributed by atoms with E-state index in [-0.39, 0.29) is 11.7 Å². The summed E-state index contributed by atoms with van der Waals surface area (Å²) < 4.78 is 19.2. The average molecular weight is 267 g/mol. The molecule has 5 heteroatoms. The molecule has 0 spiro atoms. The summed E-state index contributed by atoms with van der Waals surface area (Å²) in [5.41, 5.74) is 0.160. The smallest absolute Gasteiger partial charge is 0.340 e. The fourth-order valence-electron chi connectivity index (χ4n) is 2.42. The number of anilines is 1. The van der Waals surface area contributed by atoms with Gasteiger partial charge in [0, 0.05) is 19.7 Å². The van der Waals surface area contributed by atoms with E-state index >= 15 is 0 Å². The van der Waals surface area contributed by atoms with Crippen molar-refractivity contribution >= 4 is 11.7 Å². The van der Waals surface area contributed by atoms with Gasteiger partial charge >= 0.3 is 5.97 Å². The van der Waals surface area contributed by atoms with Gasteiger partial charge in [-0.25, -0.2) is 9.18 Å². The Bertz CT molecular complexity index is 458. The molecule has 2 rings (SSSR count). The Morgan fingerprint density at radius 3 is 2.95 bits per heavy atom. The number of carboxylic acid groups (broad SMARTS) is 1. The Morgan fingerprint density at radius 2 is 2.37 bits per heavy atom. The molecule has 1 heterocycles. The highest BCUT2D eigenvalue weighted by atomic mass is 19.1. The van der Waals surface area contributed by atoms with Crippen LogP contribution in [0, 0.1) is 5.82 Å². The summed E-state index contributed by atoms with van der Waals surface area (Å²) in [4.78, 5) is 13.1. The SMILES string of the molecule is CCN(CC1CCCO1)c1cccc(F)c1C(=O)O. The third-order valence-electron chi connectivity index (χ3n) is 3.38. The van der Waals surface area contributed by atoms with Crippen molar-refractivity contribution < 1.29 is 19.0 Å². The summed E-state index contributed by atoms with van der Waals surface area (Å²) in [6.45, 7) is 3.88. The number of likely N-dealkylation sites (N-methyl/N-ethyl adjacent to an activating group) is 1. The van der Waals surface area contributed by atoms with Crippen LogP contribution in [0.4, 0.5) is 10.1 Å². The van der Waals surface area contributed by atoms with E-state index in [1.54, 1.807) is 6.07 Å².